The number of hydrogen-bond donors (Lipinski definition) is 2. The molecule has 0 radical (unpaired) electrons. The molecule has 0 aliphatic heterocycles. The lowest BCUT2D eigenvalue weighted by Crippen LogP contribution is -1.99. The van der Waals surface area contributed by atoms with Crippen LogP contribution < -0.4 is 5.73 Å². The average molecular weight is 318 g/mol. The Hall–Kier alpha value is -2.27. The second-order valence-corrected chi connectivity index (χ2v) is 5.54. The molecule has 3 N–H and O–H groups in total. The van der Waals surface area contributed by atoms with Gasteiger partial charge in [-0.25, -0.2) is 13.2 Å². The van der Waals surface area contributed by atoms with Gasteiger partial charge >= 0.3 is 0 Å². The van der Waals surface area contributed by atoms with Gasteiger partial charge in [0, 0.05) is 22.7 Å². The van der Waals surface area contributed by atoms with Crippen LogP contribution >= 0.6 is 0 Å². The number of nitrogens with one attached hydrogen (secondary N) is 1. The van der Waals surface area contributed by atoms with Gasteiger partial charge in [-0.15, -0.1) is 0 Å². The van der Waals surface area contributed by atoms with Gasteiger partial charge in [0.1, 0.15) is 17.5 Å². The lowest BCUT2D eigenvalue weighted by atomic mass is 10.00. The van der Waals surface area contributed by atoms with Crippen LogP contribution in [0.25, 0.3) is 22.2 Å². The third kappa shape index (κ3) is 3.10. The van der Waals surface area contributed by atoms with Crippen molar-refractivity contribution >= 4 is 10.9 Å². The molecule has 1 aromatic heterocycles. The molecule has 0 aliphatic rings. The molecule has 0 fully saturated rings. The van der Waals surface area contributed by atoms with Gasteiger partial charge in [-0.1, -0.05) is 12.1 Å². The first-order valence-corrected chi connectivity index (χ1v) is 7.55. The molecule has 3 aromatic rings. The Bertz CT molecular complexity index is 840. The number of aromatic amines is 1. The van der Waals surface area contributed by atoms with Crippen LogP contribution in [0.5, 0.6) is 0 Å². The maximum Gasteiger partial charge on any atom is 0.150 e. The first-order chi connectivity index (χ1) is 11.1. The van der Waals surface area contributed by atoms with E-state index in [-0.39, 0.29) is 11.3 Å². The van der Waals surface area contributed by atoms with E-state index < -0.39 is 11.6 Å². The minimum atomic E-state index is -0.650. The number of fused-ring (bicyclic) bond motifs is 1. The highest BCUT2D eigenvalue weighted by Gasteiger charge is 2.17. The number of aromatic nitrogens is 1. The number of nitrogens with two attached hydrogens (primary N) is 1. The topological polar surface area (TPSA) is 41.8 Å². The third-order valence-corrected chi connectivity index (χ3v) is 3.93. The number of hydrogen-bond acceptors (Lipinski definition) is 1. The molecule has 2 nitrogen and oxygen atoms in total. The van der Waals surface area contributed by atoms with Crippen LogP contribution in [-0.2, 0) is 6.42 Å². The second-order valence-electron chi connectivity index (χ2n) is 5.54. The fraction of sp³-hybridized carbons (Fsp3) is 0.222. The van der Waals surface area contributed by atoms with Crippen LogP contribution in [0.4, 0.5) is 13.2 Å². The van der Waals surface area contributed by atoms with Crippen molar-refractivity contribution in [3.8, 4) is 11.3 Å². The van der Waals surface area contributed by atoms with E-state index in [4.69, 9.17) is 5.73 Å². The largest absolute Gasteiger partial charge is 0.352 e. The maximum absolute atomic E-state index is 14.1. The summed E-state index contributed by atoms with van der Waals surface area (Å²) in [5, 5.41) is 0.499. The smallest absolute Gasteiger partial charge is 0.150 e. The predicted octanol–water partition coefficient (Wildman–Crippen LogP) is 4.53. The van der Waals surface area contributed by atoms with Gasteiger partial charge in [0.05, 0.1) is 5.52 Å². The molecular formula is C18H17F3N2. The van der Waals surface area contributed by atoms with E-state index in [1.165, 1.54) is 18.2 Å². The molecule has 0 amide bonds. The van der Waals surface area contributed by atoms with E-state index in [9.17, 15) is 13.2 Å². The second kappa shape index (κ2) is 6.46. The summed E-state index contributed by atoms with van der Waals surface area (Å²) >= 11 is 0. The molecule has 3 rings (SSSR count). The van der Waals surface area contributed by atoms with E-state index in [0.717, 1.165) is 24.5 Å². The van der Waals surface area contributed by atoms with Gasteiger partial charge in [-0.05, 0) is 49.6 Å². The number of halogens is 3. The Labute approximate surface area is 132 Å². The zero-order chi connectivity index (χ0) is 16.4. The van der Waals surface area contributed by atoms with Crippen LogP contribution in [0.1, 0.15) is 18.4 Å². The van der Waals surface area contributed by atoms with Crippen molar-refractivity contribution in [2.24, 2.45) is 5.73 Å². The predicted molar refractivity (Wildman–Crippen MR) is 85.6 cm³/mol. The van der Waals surface area contributed by atoms with Gasteiger partial charge in [-0.3, -0.25) is 0 Å². The van der Waals surface area contributed by atoms with E-state index in [0.29, 0.717) is 29.6 Å². The van der Waals surface area contributed by atoms with Crippen molar-refractivity contribution in [3.63, 3.8) is 0 Å². The SMILES string of the molecule is NCCCCc1c(-c2cccc(F)c2)[nH]c2c(F)cc(F)cc12. The lowest BCUT2D eigenvalue weighted by molar-refractivity contribution is 0.591. The van der Waals surface area contributed by atoms with E-state index >= 15 is 0 Å². The number of benzene rings is 2. The molecule has 120 valence electrons. The monoisotopic (exact) mass is 318 g/mol. The van der Waals surface area contributed by atoms with Gasteiger partial charge in [0.15, 0.2) is 0 Å². The van der Waals surface area contributed by atoms with Crippen LogP contribution in [0.15, 0.2) is 36.4 Å². The van der Waals surface area contributed by atoms with Crippen LogP contribution in [0, 0.1) is 17.5 Å². The van der Waals surface area contributed by atoms with Crippen molar-refractivity contribution in [2.75, 3.05) is 6.54 Å². The molecule has 0 unspecified atom stereocenters. The Balaban J connectivity index is 2.19. The van der Waals surface area contributed by atoms with Gasteiger partial charge in [0.25, 0.3) is 0 Å². The number of rotatable bonds is 5. The van der Waals surface area contributed by atoms with E-state index in [2.05, 4.69) is 4.98 Å². The fourth-order valence-corrected chi connectivity index (χ4v) is 2.87. The Morgan fingerprint density at radius 3 is 2.52 bits per heavy atom. The Morgan fingerprint density at radius 2 is 1.78 bits per heavy atom. The van der Waals surface area contributed by atoms with Gasteiger partial charge in [0.2, 0.25) is 0 Å². The van der Waals surface area contributed by atoms with Crippen molar-refractivity contribution in [2.45, 2.75) is 19.3 Å². The van der Waals surface area contributed by atoms with Crippen molar-refractivity contribution in [3.05, 3.63) is 59.4 Å². The molecule has 23 heavy (non-hydrogen) atoms. The Morgan fingerprint density at radius 1 is 0.957 bits per heavy atom. The molecule has 0 saturated heterocycles. The molecule has 5 heteroatoms. The van der Waals surface area contributed by atoms with E-state index in [1.54, 1.807) is 12.1 Å². The van der Waals surface area contributed by atoms with Crippen LogP contribution in [0.2, 0.25) is 0 Å². The highest BCUT2D eigenvalue weighted by Crippen LogP contribution is 2.33. The highest BCUT2D eigenvalue weighted by atomic mass is 19.1. The van der Waals surface area contributed by atoms with Gasteiger partial charge in [-0.2, -0.15) is 0 Å². The first-order valence-electron chi connectivity index (χ1n) is 7.55. The van der Waals surface area contributed by atoms with E-state index in [1.807, 2.05) is 0 Å². The molecule has 0 spiro atoms. The Kier molecular flexibility index (Phi) is 4.39. The standard InChI is InChI=1S/C18H17F3N2/c19-12-5-3-4-11(8-12)17-14(6-1-2-7-22)15-9-13(20)10-16(21)18(15)23-17/h3-5,8-10,23H,1-2,6-7,22H2. The maximum atomic E-state index is 14.1. The first kappa shape index (κ1) is 15.6. The zero-order valence-corrected chi connectivity index (χ0v) is 12.5. The van der Waals surface area contributed by atoms with Crippen molar-refractivity contribution in [1.29, 1.82) is 0 Å². The summed E-state index contributed by atoms with van der Waals surface area (Å²) in [5.74, 6) is -1.65. The zero-order valence-electron chi connectivity index (χ0n) is 12.5. The summed E-state index contributed by atoms with van der Waals surface area (Å²) in [6, 6.07) is 8.23. The minimum Gasteiger partial charge on any atom is -0.352 e. The summed E-state index contributed by atoms with van der Waals surface area (Å²) in [5.41, 5.74) is 7.79. The van der Waals surface area contributed by atoms with Gasteiger partial charge < -0.3 is 10.7 Å². The molecule has 0 aliphatic carbocycles. The normalized spacial score (nSPS) is 11.3. The molecule has 2 aromatic carbocycles. The summed E-state index contributed by atoms with van der Waals surface area (Å²) < 4.78 is 41.2. The molecule has 0 bridgehead atoms. The fourth-order valence-electron chi connectivity index (χ4n) is 2.87. The number of H-pyrrole nitrogens is 1. The average Bonchev–Trinajstić information content (AvgIpc) is 2.87. The molecule has 0 saturated carbocycles. The quantitative estimate of drug-likeness (QED) is 0.667. The summed E-state index contributed by atoms with van der Waals surface area (Å²) in [4.78, 5) is 2.99. The number of aryl methyl sites for hydroxylation is 1. The lowest BCUT2D eigenvalue weighted by Gasteiger charge is -2.05. The van der Waals surface area contributed by atoms with Crippen molar-refractivity contribution in [1.82, 2.24) is 4.98 Å². The molecule has 1 heterocycles. The summed E-state index contributed by atoms with van der Waals surface area (Å²) in [7, 11) is 0. The van der Waals surface area contributed by atoms with Crippen LogP contribution in [0.3, 0.4) is 0 Å². The molecule has 0 atom stereocenters. The van der Waals surface area contributed by atoms with Crippen molar-refractivity contribution < 1.29 is 13.2 Å². The third-order valence-electron chi connectivity index (χ3n) is 3.93. The minimum absolute atomic E-state index is 0.244. The van der Waals surface area contributed by atoms with Crippen LogP contribution in [-0.4, -0.2) is 11.5 Å². The highest BCUT2D eigenvalue weighted by molar-refractivity contribution is 5.91. The summed E-state index contributed by atoms with van der Waals surface area (Å²) in [6.07, 6.45) is 2.23. The summed E-state index contributed by atoms with van der Waals surface area (Å²) in [6.45, 7) is 0.556. The number of unbranched alkanes of at least 4 members (excludes halogenated alkanes) is 1. The molecular weight excluding hydrogens is 301 g/mol.